The van der Waals surface area contributed by atoms with E-state index >= 15 is 0 Å². The second kappa shape index (κ2) is 5.28. The zero-order valence-corrected chi connectivity index (χ0v) is 12.9. The maximum atomic E-state index is 12.0. The van der Waals surface area contributed by atoms with Crippen molar-refractivity contribution < 1.29 is 18.0 Å². The van der Waals surface area contributed by atoms with Crippen molar-refractivity contribution in [3.63, 3.8) is 0 Å². The molecule has 2 N–H and O–H groups in total. The van der Waals surface area contributed by atoms with Crippen LogP contribution in [-0.4, -0.2) is 44.6 Å². The number of amides is 3. The number of likely N-dealkylation sites (tertiary alicyclic amines) is 1. The van der Waals surface area contributed by atoms with Gasteiger partial charge in [-0.2, -0.15) is 0 Å². The van der Waals surface area contributed by atoms with Crippen LogP contribution >= 0.6 is 0 Å². The molecule has 7 nitrogen and oxygen atoms in total. The molecular weight excluding hydrogens is 306 g/mol. The number of anilines is 1. The molecule has 22 heavy (non-hydrogen) atoms. The summed E-state index contributed by atoms with van der Waals surface area (Å²) in [6.45, 7) is 1.62. The quantitative estimate of drug-likeness (QED) is 0.862. The van der Waals surface area contributed by atoms with Gasteiger partial charge in [-0.25, -0.2) is 17.9 Å². The molecule has 3 amide bonds. The van der Waals surface area contributed by atoms with Crippen LogP contribution in [0.25, 0.3) is 0 Å². The van der Waals surface area contributed by atoms with Crippen molar-refractivity contribution in [2.75, 3.05) is 24.7 Å². The van der Waals surface area contributed by atoms with Gasteiger partial charge in [0.1, 0.15) is 0 Å². The lowest BCUT2D eigenvalue weighted by Crippen LogP contribution is -2.34. The molecule has 1 aromatic rings. The largest absolute Gasteiger partial charge is 0.324 e. The van der Waals surface area contributed by atoms with Crippen LogP contribution in [0.15, 0.2) is 24.3 Å². The Morgan fingerprint density at radius 3 is 2.27 bits per heavy atom. The Hall–Kier alpha value is -2.09. The SMILES string of the molecule is CS(=O)(=O)NC(=O)c1ccc(NC(=O)N2CC3CC3C2)cc1. The van der Waals surface area contributed by atoms with Gasteiger partial charge in [-0.15, -0.1) is 0 Å². The molecule has 0 bridgehead atoms. The van der Waals surface area contributed by atoms with Crippen LogP contribution in [0, 0.1) is 11.8 Å². The zero-order valence-electron chi connectivity index (χ0n) is 12.1. The van der Waals surface area contributed by atoms with E-state index in [1.807, 2.05) is 4.72 Å². The molecule has 1 saturated heterocycles. The summed E-state index contributed by atoms with van der Waals surface area (Å²) in [6, 6.07) is 5.95. The number of hydrogen-bond donors (Lipinski definition) is 2. The average molecular weight is 323 g/mol. The van der Waals surface area contributed by atoms with Crippen LogP contribution in [0.1, 0.15) is 16.8 Å². The van der Waals surface area contributed by atoms with Crippen LogP contribution in [0.2, 0.25) is 0 Å². The van der Waals surface area contributed by atoms with Crippen molar-refractivity contribution in [2.45, 2.75) is 6.42 Å². The lowest BCUT2D eigenvalue weighted by Gasteiger charge is -2.18. The Balaban J connectivity index is 1.59. The molecule has 118 valence electrons. The summed E-state index contributed by atoms with van der Waals surface area (Å²) in [5.74, 6) is 0.653. The van der Waals surface area contributed by atoms with Crippen molar-refractivity contribution >= 4 is 27.6 Å². The first-order valence-corrected chi connectivity index (χ1v) is 8.89. The molecule has 2 atom stereocenters. The molecule has 2 aliphatic rings. The maximum absolute atomic E-state index is 12.0. The van der Waals surface area contributed by atoms with Gasteiger partial charge in [0.2, 0.25) is 10.0 Å². The molecule has 0 spiro atoms. The first-order chi connectivity index (χ1) is 10.3. The Kier molecular flexibility index (Phi) is 3.56. The molecule has 8 heteroatoms. The highest BCUT2D eigenvalue weighted by atomic mass is 32.2. The van der Waals surface area contributed by atoms with E-state index in [9.17, 15) is 18.0 Å². The molecule has 0 radical (unpaired) electrons. The maximum Gasteiger partial charge on any atom is 0.321 e. The highest BCUT2D eigenvalue weighted by Gasteiger charge is 2.46. The summed E-state index contributed by atoms with van der Waals surface area (Å²) in [7, 11) is -3.59. The molecule has 1 aliphatic carbocycles. The van der Waals surface area contributed by atoms with E-state index in [1.54, 1.807) is 17.0 Å². The lowest BCUT2D eigenvalue weighted by molar-refractivity contribution is 0.0981. The van der Waals surface area contributed by atoms with Gasteiger partial charge >= 0.3 is 6.03 Å². The Morgan fingerprint density at radius 2 is 1.73 bits per heavy atom. The zero-order chi connectivity index (χ0) is 15.9. The van der Waals surface area contributed by atoms with Crippen LogP contribution in [-0.2, 0) is 10.0 Å². The number of urea groups is 1. The number of fused-ring (bicyclic) bond motifs is 1. The van der Waals surface area contributed by atoms with Crippen LogP contribution < -0.4 is 10.0 Å². The standard InChI is InChI=1S/C14H17N3O4S/c1-22(20,21)16-13(18)9-2-4-12(5-3-9)15-14(19)17-7-10-6-11(10)8-17/h2-5,10-11H,6-8H2,1H3,(H,15,19)(H,16,18). The number of rotatable bonds is 3. The minimum absolute atomic E-state index is 0.138. The molecule has 1 heterocycles. The van der Waals surface area contributed by atoms with Crippen molar-refractivity contribution in [1.29, 1.82) is 0 Å². The van der Waals surface area contributed by atoms with E-state index in [4.69, 9.17) is 0 Å². The highest BCUT2D eigenvalue weighted by Crippen LogP contribution is 2.44. The fraction of sp³-hybridized carbons (Fsp3) is 0.429. The highest BCUT2D eigenvalue weighted by molar-refractivity contribution is 7.89. The number of sulfonamides is 1. The smallest absolute Gasteiger partial charge is 0.321 e. The number of benzene rings is 1. The fourth-order valence-electron chi connectivity index (χ4n) is 2.70. The van der Waals surface area contributed by atoms with E-state index in [-0.39, 0.29) is 11.6 Å². The van der Waals surface area contributed by atoms with Gasteiger partial charge in [0.15, 0.2) is 0 Å². The van der Waals surface area contributed by atoms with Gasteiger partial charge in [0, 0.05) is 24.3 Å². The summed E-state index contributed by atoms with van der Waals surface area (Å²) in [5, 5.41) is 2.78. The molecular formula is C14H17N3O4S. The minimum Gasteiger partial charge on any atom is -0.324 e. The summed E-state index contributed by atoms with van der Waals surface area (Å²) in [5.41, 5.74) is 0.785. The fourth-order valence-corrected chi connectivity index (χ4v) is 3.15. The Morgan fingerprint density at radius 1 is 1.14 bits per heavy atom. The molecule has 0 aromatic heterocycles. The topological polar surface area (TPSA) is 95.6 Å². The number of carbonyl (C=O) groups excluding carboxylic acids is 2. The molecule has 2 unspecified atom stereocenters. The monoisotopic (exact) mass is 323 g/mol. The third kappa shape index (κ3) is 3.38. The average Bonchev–Trinajstić information content (AvgIpc) is 3.04. The summed E-state index contributed by atoms with van der Waals surface area (Å²) in [6.07, 6.45) is 2.15. The van der Waals surface area contributed by atoms with Crippen molar-refractivity contribution in [3.8, 4) is 0 Å². The van der Waals surface area contributed by atoms with Gasteiger partial charge in [-0.05, 0) is 42.5 Å². The van der Waals surface area contributed by atoms with Gasteiger partial charge in [-0.1, -0.05) is 0 Å². The van der Waals surface area contributed by atoms with Crippen LogP contribution in [0.3, 0.4) is 0 Å². The minimum atomic E-state index is -3.59. The van der Waals surface area contributed by atoms with Crippen molar-refractivity contribution in [2.24, 2.45) is 11.8 Å². The van der Waals surface area contributed by atoms with Crippen molar-refractivity contribution in [3.05, 3.63) is 29.8 Å². The number of nitrogens with zero attached hydrogens (tertiary/aromatic N) is 1. The van der Waals surface area contributed by atoms with E-state index in [0.717, 1.165) is 19.3 Å². The second-order valence-electron chi connectivity index (χ2n) is 5.87. The summed E-state index contributed by atoms with van der Waals surface area (Å²) >= 11 is 0. The number of piperidine rings is 1. The lowest BCUT2D eigenvalue weighted by atomic mass is 10.2. The predicted molar refractivity (Wildman–Crippen MR) is 80.9 cm³/mol. The van der Waals surface area contributed by atoms with Gasteiger partial charge in [0.25, 0.3) is 5.91 Å². The van der Waals surface area contributed by atoms with Gasteiger partial charge < -0.3 is 10.2 Å². The Labute approximate surface area is 128 Å². The Bertz CT molecular complexity index is 704. The van der Waals surface area contributed by atoms with E-state index in [2.05, 4.69) is 5.32 Å². The van der Waals surface area contributed by atoms with E-state index < -0.39 is 15.9 Å². The van der Waals surface area contributed by atoms with E-state index in [1.165, 1.54) is 18.6 Å². The summed E-state index contributed by atoms with van der Waals surface area (Å²) in [4.78, 5) is 25.5. The molecule has 1 aliphatic heterocycles. The molecule has 3 rings (SSSR count). The van der Waals surface area contributed by atoms with E-state index in [0.29, 0.717) is 17.5 Å². The number of carbonyl (C=O) groups is 2. The third-order valence-electron chi connectivity index (χ3n) is 3.94. The normalized spacial score (nSPS) is 22.9. The first kappa shape index (κ1) is 14.8. The first-order valence-electron chi connectivity index (χ1n) is 7.00. The molecule has 1 aromatic carbocycles. The third-order valence-corrected chi connectivity index (χ3v) is 4.50. The van der Waals surface area contributed by atoms with Crippen LogP contribution in [0.5, 0.6) is 0 Å². The van der Waals surface area contributed by atoms with Crippen LogP contribution in [0.4, 0.5) is 10.5 Å². The predicted octanol–water partition coefficient (Wildman–Crippen LogP) is 0.860. The molecule has 1 saturated carbocycles. The van der Waals surface area contributed by atoms with Gasteiger partial charge in [0.05, 0.1) is 6.26 Å². The van der Waals surface area contributed by atoms with Crippen molar-refractivity contribution in [1.82, 2.24) is 9.62 Å². The number of hydrogen-bond acceptors (Lipinski definition) is 4. The summed E-state index contributed by atoms with van der Waals surface area (Å²) < 4.78 is 23.9. The van der Waals surface area contributed by atoms with Gasteiger partial charge in [-0.3, -0.25) is 4.79 Å². The molecule has 2 fully saturated rings. The second-order valence-corrected chi connectivity index (χ2v) is 7.62. The number of nitrogens with one attached hydrogen (secondary N) is 2.